The molecule has 0 aliphatic carbocycles. The Balaban J connectivity index is 1.62. The molecule has 2 aliphatic heterocycles. The number of nitrogens with one attached hydrogen (secondary N) is 1. The summed E-state index contributed by atoms with van der Waals surface area (Å²) in [6.07, 6.45) is 1.41. The van der Waals surface area contributed by atoms with Crippen LogP contribution < -0.4 is 9.47 Å². The number of carbonyl (C=O) groups excluding carboxylic acids is 1. The number of rotatable bonds is 6. The molecule has 12 heteroatoms. The minimum Gasteiger partial charge on any atom is -0.493 e. The van der Waals surface area contributed by atoms with E-state index >= 15 is 0 Å². The van der Waals surface area contributed by atoms with Crippen molar-refractivity contribution in [3.05, 3.63) is 65.0 Å². The molecule has 4 rings (SSSR count). The van der Waals surface area contributed by atoms with Gasteiger partial charge < -0.3 is 9.47 Å². The van der Waals surface area contributed by atoms with Gasteiger partial charge in [-0.1, -0.05) is 24.3 Å². The van der Waals surface area contributed by atoms with Gasteiger partial charge in [-0.25, -0.2) is 17.7 Å². The summed E-state index contributed by atoms with van der Waals surface area (Å²) in [4.78, 5) is 17.6. The van der Waals surface area contributed by atoms with Gasteiger partial charge >= 0.3 is 0 Å². The van der Waals surface area contributed by atoms with Gasteiger partial charge in [-0.15, -0.1) is 0 Å². The topological polar surface area (TPSA) is 121 Å². The Morgan fingerprint density at radius 1 is 1.20 bits per heavy atom. The molecule has 2 aromatic rings. The number of hydrogen-bond donors (Lipinski definition) is 1. The second kappa shape index (κ2) is 9.62. The number of benzene rings is 2. The predicted octanol–water partition coefficient (Wildman–Crippen LogP) is 3.81. The molecular weight excluding hydrogens is 495 g/mol. The average molecular weight is 517 g/mol. The summed E-state index contributed by atoms with van der Waals surface area (Å²) in [5.41, 5.74) is 0.766. The van der Waals surface area contributed by atoms with E-state index in [1.807, 2.05) is 0 Å². The van der Waals surface area contributed by atoms with Gasteiger partial charge in [0.15, 0.2) is 11.5 Å². The van der Waals surface area contributed by atoms with Crippen molar-refractivity contribution < 1.29 is 27.1 Å². The highest BCUT2D eigenvalue weighted by molar-refractivity contribution is 8.16. The van der Waals surface area contributed by atoms with Crippen molar-refractivity contribution in [1.82, 2.24) is 4.90 Å². The number of aliphatic imine (C=N–C) groups is 1. The van der Waals surface area contributed by atoms with Gasteiger partial charge in [-0.05, 0) is 43.7 Å². The maximum Gasteiger partial charge on any atom is 0.283 e. The monoisotopic (exact) mass is 516 g/mol. The zero-order valence-corrected chi connectivity index (χ0v) is 20.6. The highest BCUT2D eigenvalue weighted by Gasteiger charge is 2.43. The third-order valence-electron chi connectivity index (χ3n) is 5.21. The first-order valence-electron chi connectivity index (χ1n) is 10.4. The summed E-state index contributed by atoms with van der Waals surface area (Å²) < 4.78 is 54.3. The highest BCUT2D eigenvalue weighted by Crippen LogP contribution is 2.33. The first-order valence-corrected chi connectivity index (χ1v) is 12.7. The number of ether oxygens (including phenoxy) is 2. The molecule has 0 spiro atoms. The fourth-order valence-electron chi connectivity index (χ4n) is 3.22. The predicted molar refractivity (Wildman–Crippen MR) is 133 cm³/mol. The van der Waals surface area contributed by atoms with Crippen LogP contribution in [0.3, 0.4) is 0 Å². The Bertz CT molecular complexity index is 1420. The molecule has 2 heterocycles. The van der Waals surface area contributed by atoms with Crippen LogP contribution >= 0.6 is 11.9 Å². The first-order chi connectivity index (χ1) is 16.6. The molecule has 0 aromatic heterocycles. The van der Waals surface area contributed by atoms with Crippen LogP contribution in [-0.4, -0.2) is 47.8 Å². The van der Waals surface area contributed by atoms with Crippen molar-refractivity contribution in [2.45, 2.75) is 25.7 Å². The smallest absolute Gasteiger partial charge is 0.283 e. The Morgan fingerprint density at radius 2 is 1.94 bits per heavy atom. The van der Waals surface area contributed by atoms with E-state index < -0.39 is 21.0 Å². The normalized spacial score (nSPS) is 16.9. The van der Waals surface area contributed by atoms with Crippen LogP contribution in [0, 0.1) is 11.2 Å². The molecule has 0 unspecified atom stereocenters. The molecular formula is C23H21FN4O5S2. The maximum atomic E-state index is 13.9. The molecule has 182 valence electrons. The van der Waals surface area contributed by atoms with E-state index in [4.69, 9.17) is 14.9 Å². The van der Waals surface area contributed by atoms with Crippen LogP contribution in [-0.2, 0) is 21.2 Å². The van der Waals surface area contributed by atoms with Crippen LogP contribution in [0.2, 0.25) is 0 Å². The number of amidine groups is 3. The van der Waals surface area contributed by atoms with E-state index in [0.717, 1.165) is 16.8 Å². The molecule has 1 amide bonds. The lowest BCUT2D eigenvalue weighted by Crippen LogP contribution is -2.46. The summed E-state index contributed by atoms with van der Waals surface area (Å²) >= 11 is 0.740. The van der Waals surface area contributed by atoms with E-state index in [-0.39, 0.29) is 34.2 Å². The zero-order chi connectivity index (χ0) is 25.3. The minimum absolute atomic E-state index is 0.0108. The second-order valence-electron chi connectivity index (χ2n) is 7.79. The lowest BCUT2D eigenvalue weighted by molar-refractivity contribution is -0.114. The van der Waals surface area contributed by atoms with Crippen LogP contribution in [0.4, 0.5) is 4.39 Å². The largest absolute Gasteiger partial charge is 0.493 e. The van der Waals surface area contributed by atoms with Crippen molar-refractivity contribution in [3.63, 3.8) is 0 Å². The van der Waals surface area contributed by atoms with Crippen molar-refractivity contribution in [2.75, 3.05) is 7.11 Å². The fraction of sp³-hybridized carbons (Fsp3) is 0.217. The van der Waals surface area contributed by atoms with Gasteiger partial charge in [-0.3, -0.25) is 10.2 Å². The molecule has 0 bridgehead atoms. The SMILES string of the molecule is COc1cc(/C=C2/C(=N)N3C(=NC2=O)SN=C3S(=O)(=O)C(C)C)ccc1OCc1ccccc1F. The lowest BCUT2D eigenvalue weighted by Gasteiger charge is -2.25. The number of carbonyl (C=O) groups is 1. The molecule has 0 saturated heterocycles. The number of methoxy groups -OCH3 is 1. The minimum atomic E-state index is -3.81. The molecule has 1 N–H and O–H groups in total. The Morgan fingerprint density at radius 3 is 2.63 bits per heavy atom. The summed E-state index contributed by atoms with van der Waals surface area (Å²) in [5.74, 6) is -0.727. The molecule has 0 radical (unpaired) electrons. The molecule has 2 aromatic carbocycles. The van der Waals surface area contributed by atoms with Gasteiger partial charge in [0.1, 0.15) is 18.3 Å². The van der Waals surface area contributed by atoms with Crippen LogP contribution in [0.5, 0.6) is 11.5 Å². The van der Waals surface area contributed by atoms with E-state index in [1.54, 1.807) is 36.4 Å². The maximum absolute atomic E-state index is 13.9. The Hall–Kier alpha value is -3.51. The third kappa shape index (κ3) is 4.71. The summed E-state index contributed by atoms with van der Waals surface area (Å²) in [6, 6.07) is 11.1. The first kappa shape index (κ1) is 24.6. The number of amides is 1. The fourth-order valence-corrected chi connectivity index (χ4v) is 5.29. The molecule has 35 heavy (non-hydrogen) atoms. The van der Waals surface area contributed by atoms with E-state index in [1.165, 1.54) is 33.1 Å². The number of fused-ring (bicyclic) bond motifs is 1. The number of nitrogens with zero attached hydrogens (tertiary/aromatic N) is 3. The highest BCUT2D eigenvalue weighted by atomic mass is 32.2. The number of hydrogen-bond acceptors (Lipinski definition) is 8. The summed E-state index contributed by atoms with van der Waals surface area (Å²) in [6.45, 7) is 3.01. The van der Waals surface area contributed by atoms with Crippen molar-refractivity contribution in [2.24, 2.45) is 9.39 Å². The molecule has 9 nitrogen and oxygen atoms in total. The van der Waals surface area contributed by atoms with Gasteiger partial charge in [0, 0.05) is 5.56 Å². The lowest BCUT2D eigenvalue weighted by atomic mass is 10.1. The summed E-state index contributed by atoms with van der Waals surface area (Å²) in [7, 11) is -2.37. The Labute approximate surface area is 205 Å². The van der Waals surface area contributed by atoms with Crippen molar-refractivity contribution in [3.8, 4) is 11.5 Å². The number of sulfone groups is 1. The average Bonchev–Trinajstić information content (AvgIpc) is 3.26. The Kier molecular flexibility index (Phi) is 6.77. The molecule has 0 fully saturated rings. The third-order valence-corrected chi connectivity index (χ3v) is 8.05. The van der Waals surface area contributed by atoms with Crippen molar-refractivity contribution >= 4 is 49.9 Å². The quantitative estimate of drug-likeness (QED) is 0.458. The van der Waals surface area contributed by atoms with Gasteiger partial charge in [0.05, 0.1) is 29.9 Å². The van der Waals surface area contributed by atoms with E-state index in [0.29, 0.717) is 22.6 Å². The molecule has 0 saturated carbocycles. The molecule has 0 atom stereocenters. The van der Waals surface area contributed by atoms with Gasteiger partial charge in [0.25, 0.3) is 5.91 Å². The zero-order valence-electron chi connectivity index (χ0n) is 19.0. The van der Waals surface area contributed by atoms with E-state index in [2.05, 4.69) is 9.39 Å². The van der Waals surface area contributed by atoms with Gasteiger partial charge in [0.2, 0.25) is 20.2 Å². The van der Waals surface area contributed by atoms with Crippen molar-refractivity contribution in [1.29, 1.82) is 5.41 Å². The second-order valence-corrected chi connectivity index (χ2v) is 10.9. The molecule has 2 aliphatic rings. The van der Waals surface area contributed by atoms with Crippen LogP contribution in [0.1, 0.15) is 25.0 Å². The van der Waals surface area contributed by atoms with E-state index in [9.17, 15) is 17.6 Å². The number of halogens is 1. The van der Waals surface area contributed by atoms with Crippen LogP contribution in [0.15, 0.2) is 57.4 Å². The standard InChI is InChI=1S/C23H21FN4O5S2/c1-13(2)35(30,31)23-27-34-22-26-21(29)16(20(25)28(22)23)10-14-8-9-18(19(11-14)32-3)33-12-15-6-4-5-7-17(15)24/h4-11,13,25H,12H2,1-3H3/b16-10-,25-20?. The van der Waals surface area contributed by atoms with Crippen LogP contribution in [0.25, 0.3) is 6.08 Å². The summed E-state index contributed by atoms with van der Waals surface area (Å²) in [5, 5.41) is 7.46. The van der Waals surface area contributed by atoms with Gasteiger partial charge in [-0.2, -0.15) is 9.39 Å².